The highest BCUT2D eigenvalue weighted by Gasteiger charge is 2.33. The minimum absolute atomic E-state index is 0.0901. The number of benzene rings is 2. The number of nitrogens with one attached hydrogen (secondary N) is 2. The number of rotatable bonds is 6. The van der Waals surface area contributed by atoms with E-state index in [4.69, 9.17) is 4.74 Å². The summed E-state index contributed by atoms with van der Waals surface area (Å²) in [6, 6.07) is 11.3. The van der Waals surface area contributed by atoms with Crippen molar-refractivity contribution in [3.8, 4) is 0 Å². The van der Waals surface area contributed by atoms with E-state index in [-0.39, 0.29) is 24.7 Å². The predicted molar refractivity (Wildman–Crippen MR) is 120 cm³/mol. The second-order valence-electron chi connectivity index (χ2n) is 7.59. The first-order valence-electron chi connectivity index (χ1n) is 10.7. The van der Waals surface area contributed by atoms with Crippen LogP contribution in [-0.2, 0) is 15.7 Å². The van der Waals surface area contributed by atoms with Crippen LogP contribution < -0.4 is 10.6 Å². The van der Waals surface area contributed by atoms with Gasteiger partial charge in [-0.2, -0.15) is 13.2 Å². The summed E-state index contributed by atoms with van der Waals surface area (Å²) in [6.45, 7) is 3.29. The molecule has 34 heavy (non-hydrogen) atoms. The SMILES string of the molecule is CCOC(=O)Nc1cccc(C(=O)N2CCN(CC(=O)Nc3ccccc3C(F)(F)F)CC2)c1. The molecular formula is C23H25F3N4O4. The summed E-state index contributed by atoms with van der Waals surface area (Å²) in [4.78, 5) is 40.1. The topological polar surface area (TPSA) is 91.0 Å². The number of hydrogen-bond acceptors (Lipinski definition) is 5. The molecule has 182 valence electrons. The van der Waals surface area contributed by atoms with Gasteiger partial charge in [-0.1, -0.05) is 18.2 Å². The second-order valence-corrected chi connectivity index (χ2v) is 7.59. The van der Waals surface area contributed by atoms with Crippen molar-refractivity contribution in [2.75, 3.05) is 50.0 Å². The van der Waals surface area contributed by atoms with E-state index in [0.29, 0.717) is 37.4 Å². The molecule has 3 rings (SSSR count). The lowest BCUT2D eigenvalue weighted by atomic mass is 10.1. The third kappa shape index (κ3) is 6.70. The Labute approximate surface area is 194 Å². The van der Waals surface area contributed by atoms with Gasteiger partial charge in [0.25, 0.3) is 5.91 Å². The van der Waals surface area contributed by atoms with Crippen molar-refractivity contribution in [2.45, 2.75) is 13.1 Å². The molecule has 1 fully saturated rings. The maximum atomic E-state index is 13.1. The summed E-state index contributed by atoms with van der Waals surface area (Å²) in [5.41, 5.74) is -0.369. The molecule has 0 unspecified atom stereocenters. The Hall–Kier alpha value is -3.60. The monoisotopic (exact) mass is 478 g/mol. The van der Waals surface area contributed by atoms with Crippen LogP contribution in [0.1, 0.15) is 22.8 Å². The minimum Gasteiger partial charge on any atom is -0.450 e. The van der Waals surface area contributed by atoms with Gasteiger partial charge in [0.15, 0.2) is 0 Å². The van der Waals surface area contributed by atoms with Gasteiger partial charge < -0.3 is 15.0 Å². The summed E-state index contributed by atoms with van der Waals surface area (Å²) in [7, 11) is 0. The zero-order chi connectivity index (χ0) is 24.7. The van der Waals surface area contributed by atoms with Gasteiger partial charge >= 0.3 is 12.3 Å². The van der Waals surface area contributed by atoms with Crippen LogP contribution in [0.15, 0.2) is 48.5 Å². The molecule has 2 N–H and O–H groups in total. The number of carbonyl (C=O) groups excluding carboxylic acids is 3. The van der Waals surface area contributed by atoms with Crippen molar-refractivity contribution in [3.05, 3.63) is 59.7 Å². The van der Waals surface area contributed by atoms with Gasteiger partial charge in [-0.25, -0.2) is 4.79 Å². The fraction of sp³-hybridized carbons (Fsp3) is 0.348. The number of ether oxygens (including phenoxy) is 1. The fourth-order valence-corrected chi connectivity index (χ4v) is 3.54. The largest absolute Gasteiger partial charge is 0.450 e. The normalized spacial score (nSPS) is 14.4. The van der Waals surface area contributed by atoms with Gasteiger partial charge in [-0.05, 0) is 37.3 Å². The summed E-state index contributed by atoms with van der Waals surface area (Å²) in [5, 5.41) is 4.88. The van der Waals surface area contributed by atoms with E-state index >= 15 is 0 Å². The van der Waals surface area contributed by atoms with Crippen LogP contribution in [0.5, 0.6) is 0 Å². The average Bonchev–Trinajstić information content (AvgIpc) is 2.79. The summed E-state index contributed by atoms with van der Waals surface area (Å²) in [6.07, 6.45) is -5.18. The Bertz CT molecular complexity index is 1040. The number of hydrogen-bond donors (Lipinski definition) is 2. The van der Waals surface area contributed by atoms with Crippen LogP contribution in [0.2, 0.25) is 0 Å². The van der Waals surface area contributed by atoms with Crippen LogP contribution >= 0.6 is 0 Å². The molecule has 1 aliphatic heterocycles. The molecule has 1 aliphatic rings. The third-order valence-electron chi connectivity index (χ3n) is 5.16. The molecule has 1 saturated heterocycles. The molecule has 1 heterocycles. The van der Waals surface area contributed by atoms with Crippen LogP contribution in [0.4, 0.5) is 29.3 Å². The molecule has 0 aromatic heterocycles. The predicted octanol–water partition coefficient (Wildman–Crippen LogP) is 3.67. The molecule has 2 aromatic rings. The van der Waals surface area contributed by atoms with E-state index in [1.165, 1.54) is 18.2 Å². The molecule has 0 aliphatic carbocycles. The molecule has 0 spiro atoms. The number of carbonyl (C=O) groups is 3. The lowest BCUT2D eigenvalue weighted by Crippen LogP contribution is -2.50. The summed E-state index contributed by atoms with van der Waals surface area (Å²) in [5.74, 6) is -0.787. The van der Waals surface area contributed by atoms with Gasteiger partial charge in [-0.15, -0.1) is 0 Å². The number of para-hydroxylation sites is 1. The standard InChI is InChI=1S/C23H25F3N4O4/c1-2-34-22(33)27-17-7-5-6-16(14-17)21(32)30-12-10-29(11-13-30)15-20(31)28-19-9-4-3-8-18(19)23(24,25)26/h3-9,14H,2,10-13,15H2,1H3,(H,27,33)(H,28,31). The van der Waals surface area contributed by atoms with Crippen molar-refractivity contribution in [3.63, 3.8) is 0 Å². The Balaban J connectivity index is 1.52. The summed E-state index contributed by atoms with van der Waals surface area (Å²) < 4.78 is 44.2. The zero-order valence-electron chi connectivity index (χ0n) is 18.5. The average molecular weight is 478 g/mol. The Morgan fingerprint density at radius 3 is 2.35 bits per heavy atom. The maximum absolute atomic E-state index is 13.1. The molecule has 0 bridgehead atoms. The highest BCUT2D eigenvalue weighted by Crippen LogP contribution is 2.34. The van der Waals surface area contributed by atoms with Crippen molar-refractivity contribution in [2.24, 2.45) is 0 Å². The fourth-order valence-electron chi connectivity index (χ4n) is 3.54. The molecule has 0 atom stereocenters. The van der Waals surface area contributed by atoms with Crippen molar-refractivity contribution in [1.29, 1.82) is 0 Å². The summed E-state index contributed by atoms with van der Waals surface area (Å²) >= 11 is 0. The number of halogens is 3. The van der Waals surface area contributed by atoms with Gasteiger partial charge in [0, 0.05) is 37.4 Å². The van der Waals surface area contributed by atoms with Crippen LogP contribution in [0.3, 0.4) is 0 Å². The van der Waals surface area contributed by atoms with Gasteiger partial charge in [0.2, 0.25) is 5.91 Å². The van der Waals surface area contributed by atoms with Crippen molar-refractivity contribution >= 4 is 29.3 Å². The number of anilines is 2. The first-order valence-corrected chi connectivity index (χ1v) is 10.7. The molecule has 8 nitrogen and oxygen atoms in total. The third-order valence-corrected chi connectivity index (χ3v) is 5.16. The van der Waals surface area contributed by atoms with E-state index in [1.54, 1.807) is 41.0 Å². The highest BCUT2D eigenvalue weighted by molar-refractivity contribution is 5.96. The zero-order valence-corrected chi connectivity index (χ0v) is 18.5. The van der Waals surface area contributed by atoms with Crippen LogP contribution in [0, 0.1) is 0 Å². The van der Waals surface area contributed by atoms with Crippen molar-refractivity contribution < 1.29 is 32.3 Å². The Morgan fingerprint density at radius 1 is 0.971 bits per heavy atom. The van der Waals surface area contributed by atoms with E-state index in [9.17, 15) is 27.6 Å². The van der Waals surface area contributed by atoms with E-state index in [0.717, 1.165) is 6.07 Å². The van der Waals surface area contributed by atoms with Gasteiger partial charge in [0.05, 0.1) is 24.4 Å². The molecule has 0 radical (unpaired) electrons. The first kappa shape index (κ1) is 25.0. The van der Waals surface area contributed by atoms with Crippen LogP contribution in [-0.4, -0.2) is 67.0 Å². The number of amides is 3. The van der Waals surface area contributed by atoms with Crippen LogP contribution in [0.25, 0.3) is 0 Å². The molecule has 11 heteroatoms. The lowest BCUT2D eigenvalue weighted by Gasteiger charge is -2.34. The molecule has 0 saturated carbocycles. The lowest BCUT2D eigenvalue weighted by molar-refractivity contribution is -0.137. The van der Waals surface area contributed by atoms with Gasteiger partial charge in [-0.3, -0.25) is 19.8 Å². The number of nitrogens with zero attached hydrogens (tertiary/aromatic N) is 2. The second kappa shape index (κ2) is 11.0. The maximum Gasteiger partial charge on any atom is 0.418 e. The van der Waals surface area contributed by atoms with Gasteiger partial charge in [0.1, 0.15) is 0 Å². The van der Waals surface area contributed by atoms with E-state index in [1.807, 2.05) is 0 Å². The Kier molecular flexibility index (Phi) is 8.11. The smallest absolute Gasteiger partial charge is 0.418 e. The Morgan fingerprint density at radius 2 is 1.68 bits per heavy atom. The minimum atomic E-state index is -4.57. The highest BCUT2D eigenvalue weighted by atomic mass is 19.4. The molecular weight excluding hydrogens is 453 g/mol. The molecule has 3 amide bonds. The molecule has 2 aromatic carbocycles. The first-order chi connectivity index (χ1) is 16.2. The van der Waals surface area contributed by atoms with E-state index < -0.39 is 23.7 Å². The number of alkyl halides is 3. The van der Waals surface area contributed by atoms with E-state index in [2.05, 4.69) is 10.6 Å². The quantitative estimate of drug-likeness (QED) is 0.661. The van der Waals surface area contributed by atoms with Crippen molar-refractivity contribution in [1.82, 2.24) is 9.80 Å². The number of piperazine rings is 1.